The smallest absolute Gasteiger partial charge is 0.223 e. The molecule has 3 heterocycles. The van der Waals surface area contributed by atoms with E-state index in [1.807, 2.05) is 12.1 Å². The first-order valence-electron chi connectivity index (χ1n) is 11.4. The Bertz CT molecular complexity index is 880. The van der Waals surface area contributed by atoms with Gasteiger partial charge in [0.25, 0.3) is 0 Å². The highest BCUT2D eigenvalue weighted by Gasteiger charge is 2.50. The summed E-state index contributed by atoms with van der Waals surface area (Å²) in [6.07, 6.45) is 11.9. The Hall–Kier alpha value is -2.18. The van der Waals surface area contributed by atoms with Crippen molar-refractivity contribution in [1.29, 1.82) is 0 Å². The molecule has 1 aliphatic heterocycles. The van der Waals surface area contributed by atoms with Crippen LogP contribution >= 0.6 is 0 Å². The van der Waals surface area contributed by atoms with Gasteiger partial charge >= 0.3 is 0 Å². The van der Waals surface area contributed by atoms with Crippen LogP contribution in [-0.2, 0) is 4.79 Å². The van der Waals surface area contributed by atoms with Gasteiger partial charge in [-0.3, -0.25) is 4.79 Å². The number of hydrogen-bond acceptors (Lipinski definition) is 5. The van der Waals surface area contributed by atoms with Crippen LogP contribution in [0.4, 0.5) is 5.82 Å². The summed E-state index contributed by atoms with van der Waals surface area (Å²) >= 11 is 0. The summed E-state index contributed by atoms with van der Waals surface area (Å²) in [4.78, 5) is 15.2. The van der Waals surface area contributed by atoms with Gasteiger partial charge in [-0.1, -0.05) is 0 Å². The quantitative estimate of drug-likeness (QED) is 0.863. The summed E-state index contributed by atoms with van der Waals surface area (Å²) in [7, 11) is 0. The van der Waals surface area contributed by atoms with Crippen LogP contribution in [0.5, 0.6) is 0 Å². The van der Waals surface area contributed by atoms with E-state index < -0.39 is 0 Å². The van der Waals surface area contributed by atoms with Crippen LogP contribution in [0.1, 0.15) is 51.4 Å². The fraction of sp³-hybridized carbons (Fsp3) is 0.727. The zero-order chi connectivity index (χ0) is 19.4. The predicted molar refractivity (Wildman–Crippen MR) is 109 cm³/mol. The van der Waals surface area contributed by atoms with E-state index in [0.29, 0.717) is 5.41 Å². The number of carbonyl (C=O) groups excluding carboxylic acids is 1. The number of hydrogen-bond donors (Lipinski definition) is 1. The SMILES string of the molecule is O=C(NCC12CC3CC(CC(C3)C1)C2)C1CCN(c2ccc3nncn3n2)CC1. The summed E-state index contributed by atoms with van der Waals surface area (Å²) in [5.74, 6) is 4.18. The van der Waals surface area contributed by atoms with Crippen molar-refractivity contribution in [2.45, 2.75) is 51.4 Å². The van der Waals surface area contributed by atoms with Crippen molar-refractivity contribution in [3.8, 4) is 0 Å². The zero-order valence-electron chi connectivity index (χ0n) is 17.0. The first-order valence-corrected chi connectivity index (χ1v) is 11.4. The second kappa shape index (κ2) is 6.67. The highest BCUT2D eigenvalue weighted by molar-refractivity contribution is 5.79. The van der Waals surface area contributed by atoms with Gasteiger partial charge in [0.05, 0.1) is 0 Å². The lowest BCUT2D eigenvalue weighted by molar-refractivity contribution is -0.127. The zero-order valence-corrected chi connectivity index (χ0v) is 17.0. The van der Waals surface area contributed by atoms with Gasteiger partial charge in [0.1, 0.15) is 12.1 Å². The third-order valence-corrected chi connectivity index (χ3v) is 8.14. The lowest BCUT2D eigenvalue weighted by Gasteiger charge is -2.57. The molecule has 29 heavy (non-hydrogen) atoms. The number of aromatic nitrogens is 4. The van der Waals surface area contributed by atoms with E-state index in [-0.39, 0.29) is 11.8 Å². The summed E-state index contributed by atoms with van der Waals surface area (Å²) in [5.41, 5.74) is 1.18. The summed E-state index contributed by atoms with van der Waals surface area (Å²) in [6, 6.07) is 3.94. The van der Waals surface area contributed by atoms with E-state index in [0.717, 1.165) is 61.7 Å². The first kappa shape index (κ1) is 17.7. The molecule has 154 valence electrons. The maximum atomic E-state index is 12.9. The highest BCUT2D eigenvalue weighted by Crippen LogP contribution is 2.59. The van der Waals surface area contributed by atoms with Crippen LogP contribution in [-0.4, -0.2) is 45.4 Å². The fourth-order valence-corrected chi connectivity index (χ4v) is 7.18. The number of anilines is 1. The molecular formula is C22H30N6O. The average Bonchev–Trinajstić information content (AvgIpc) is 3.19. The van der Waals surface area contributed by atoms with Crippen LogP contribution in [0.15, 0.2) is 18.5 Å². The minimum Gasteiger partial charge on any atom is -0.355 e. The topological polar surface area (TPSA) is 75.4 Å². The number of nitrogens with zero attached hydrogens (tertiary/aromatic N) is 5. The first-order chi connectivity index (χ1) is 14.2. The Kier molecular flexibility index (Phi) is 4.06. The molecule has 4 aliphatic carbocycles. The molecule has 0 radical (unpaired) electrons. The molecule has 4 saturated carbocycles. The molecule has 7 rings (SSSR count). The molecule has 5 fully saturated rings. The monoisotopic (exact) mass is 394 g/mol. The van der Waals surface area contributed by atoms with Crippen molar-refractivity contribution in [1.82, 2.24) is 25.1 Å². The molecule has 7 nitrogen and oxygen atoms in total. The van der Waals surface area contributed by atoms with Crippen LogP contribution in [0, 0.1) is 29.1 Å². The predicted octanol–water partition coefficient (Wildman–Crippen LogP) is 2.67. The Labute approximate surface area is 171 Å². The number of fused-ring (bicyclic) bond motifs is 1. The molecule has 0 aromatic carbocycles. The number of rotatable bonds is 4. The number of piperidine rings is 1. The van der Waals surface area contributed by atoms with Crippen LogP contribution in [0.2, 0.25) is 0 Å². The van der Waals surface area contributed by atoms with Crippen molar-refractivity contribution < 1.29 is 4.79 Å². The van der Waals surface area contributed by atoms with Gasteiger partial charge in [0, 0.05) is 25.6 Å². The molecule has 4 bridgehead atoms. The van der Waals surface area contributed by atoms with E-state index in [2.05, 4.69) is 25.5 Å². The molecule has 0 atom stereocenters. The molecule has 0 spiro atoms. The molecule has 1 amide bonds. The number of carbonyl (C=O) groups is 1. The van der Waals surface area contributed by atoms with Gasteiger partial charge in [-0.15, -0.1) is 15.3 Å². The van der Waals surface area contributed by atoms with E-state index in [9.17, 15) is 4.79 Å². The van der Waals surface area contributed by atoms with Crippen molar-refractivity contribution in [2.24, 2.45) is 29.1 Å². The van der Waals surface area contributed by atoms with Crippen LogP contribution in [0.25, 0.3) is 5.65 Å². The van der Waals surface area contributed by atoms with Gasteiger partial charge in [-0.05, 0) is 86.7 Å². The van der Waals surface area contributed by atoms with E-state index in [1.165, 1.54) is 38.5 Å². The van der Waals surface area contributed by atoms with E-state index >= 15 is 0 Å². The number of amides is 1. The van der Waals surface area contributed by atoms with Crippen molar-refractivity contribution in [2.75, 3.05) is 24.5 Å². The lowest BCUT2D eigenvalue weighted by atomic mass is 9.49. The van der Waals surface area contributed by atoms with E-state index in [4.69, 9.17) is 0 Å². The second-order valence-electron chi connectivity index (χ2n) is 10.2. The third kappa shape index (κ3) is 3.19. The molecule has 5 aliphatic rings. The molecule has 2 aromatic heterocycles. The Balaban J connectivity index is 1.04. The maximum Gasteiger partial charge on any atom is 0.223 e. The molecule has 1 saturated heterocycles. The van der Waals surface area contributed by atoms with Gasteiger partial charge in [-0.2, -0.15) is 4.52 Å². The van der Waals surface area contributed by atoms with Gasteiger partial charge in [0.15, 0.2) is 5.65 Å². The normalized spacial score (nSPS) is 34.1. The third-order valence-electron chi connectivity index (χ3n) is 8.14. The van der Waals surface area contributed by atoms with Crippen LogP contribution in [0.3, 0.4) is 0 Å². The highest BCUT2D eigenvalue weighted by atomic mass is 16.1. The van der Waals surface area contributed by atoms with Gasteiger partial charge in [0.2, 0.25) is 5.91 Å². The second-order valence-corrected chi connectivity index (χ2v) is 10.2. The van der Waals surface area contributed by atoms with Crippen LogP contribution < -0.4 is 10.2 Å². The Morgan fingerprint density at radius 1 is 1.07 bits per heavy atom. The number of nitrogens with one attached hydrogen (secondary N) is 1. The van der Waals surface area contributed by atoms with Gasteiger partial charge in [-0.25, -0.2) is 0 Å². The average molecular weight is 395 g/mol. The molecule has 1 N–H and O–H groups in total. The van der Waals surface area contributed by atoms with Crippen molar-refractivity contribution in [3.63, 3.8) is 0 Å². The van der Waals surface area contributed by atoms with Crippen molar-refractivity contribution >= 4 is 17.4 Å². The minimum atomic E-state index is 0.138. The lowest BCUT2D eigenvalue weighted by Crippen LogP contribution is -2.52. The Morgan fingerprint density at radius 3 is 2.45 bits per heavy atom. The largest absolute Gasteiger partial charge is 0.355 e. The molecular weight excluding hydrogens is 364 g/mol. The summed E-state index contributed by atoms with van der Waals surface area (Å²) in [5, 5.41) is 15.9. The summed E-state index contributed by atoms with van der Waals surface area (Å²) in [6.45, 7) is 2.66. The minimum absolute atomic E-state index is 0.138. The van der Waals surface area contributed by atoms with Gasteiger partial charge < -0.3 is 10.2 Å². The molecule has 0 unspecified atom stereocenters. The maximum absolute atomic E-state index is 12.9. The Morgan fingerprint density at radius 2 is 1.76 bits per heavy atom. The molecule has 2 aromatic rings. The summed E-state index contributed by atoms with van der Waals surface area (Å²) < 4.78 is 1.71. The molecule has 7 heteroatoms. The van der Waals surface area contributed by atoms with Crippen molar-refractivity contribution in [3.05, 3.63) is 18.5 Å². The fourth-order valence-electron chi connectivity index (χ4n) is 7.18. The standard InChI is InChI=1S/C22H30N6O/c29-21(23-13-22-10-15-7-16(11-22)9-17(8-15)12-22)18-3-5-27(6-4-18)20-2-1-19-25-24-14-28(19)26-20/h1-2,14-18H,3-13H2,(H,23,29). The van der Waals surface area contributed by atoms with E-state index in [1.54, 1.807) is 10.8 Å².